The van der Waals surface area contributed by atoms with Gasteiger partial charge in [-0.25, -0.2) is 4.39 Å². The number of hydrogen-bond donors (Lipinski definition) is 0. The first-order valence-electron chi connectivity index (χ1n) is 8.89. The van der Waals surface area contributed by atoms with Crippen molar-refractivity contribution in [3.63, 3.8) is 0 Å². The van der Waals surface area contributed by atoms with Crippen molar-refractivity contribution >= 4 is 44.2 Å². The van der Waals surface area contributed by atoms with E-state index in [0.29, 0.717) is 0 Å². The van der Waals surface area contributed by atoms with E-state index in [4.69, 9.17) is 4.52 Å². The number of alkyl halides is 1. The molecule has 0 aliphatic carbocycles. The Morgan fingerprint density at radius 1 is 0.545 bits per heavy atom. The zero-order valence-corrected chi connectivity index (χ0v) is 27.3. The Morgan fingerprint density at radius 3 is 0.788 bits per heavy atom. The van der Waals surface area contributed by atoms with Gasteiger partial charge in [-0.05, 0) is 13.3 Å². The molecule has 0 radical (unpaired) electrons. The molecule has 0 aromatic carbocycles. The van der Waals surface area contributed by atoms with Gasteiger partial charge in [-0.2, -0.15) is 8.39 Å². The zero-order chi connectivity index (χ0) is 28.5. The largest absolute Gasteiger partial charge is 0.332 e. The topological polar surface area (TPSA) is 130 Å². The lowest BCUT2D eigenvalue weighted by Gasteiger charge is -2.12. The number of rotatable bonds is 6. The molecule has 0 rings (SSSR count). The normalized spacial score (nSPS) is 15.3. The highest BCUT2D eigenvalue weighted by Gasteiger charge is 2.22. The first kappa shape index (κ1) is 44.1. The van der Waals surface area contributed by atoms with Crippen molar-refractivity contribution in [2.24, 2.45) is 0 Å². The van der Waals surface area contributed by atoms with E-state index in [2.05, 4.69) is 9.05 Å². The highest BCUT2D eigenvalue weighted by atomic mass is 31.2. The summed E-state index contributed by atoms with van der Waals surface area (Å²) in [5.74, 6) is 0.205. The lowest BCUT2D eigenvalue weighted by atomic mass is 11.8. The molecule has 0 aromatic heterocycles. The Morgan fingerprint density at radius 2 is 0.758 bits per heavy atom. The van der Waals surface area contributed by atoms with E-state index in [1.807, 2.05) is 0 Å². The summed E-state index contributed by atoms with van der Waals surface area (Å²) in [6, 6.07) is 0. The van der Waals surface area contributed by atoms with Gasteiger partial charge in [-0.1, -0.05) is 0 Å². The second kappa shape index (κ2) is 19.2. The van der Waals surface area contributed by atoms with Crippen LogP contribution in [-0.4, -0.2) is 100 Å². The van der Waals surface area contributed by atoms with E-state index in [1.54, 1.807) is 26.7 Å². The summed E-state index contributed by atoms with van der Waals surface area (Å²) in [5.41, 5.74) is 0. The number of hydrogen-bond acceptors (Lipinski definition) is 9. The predicted octanol–water partition coefficient (Wildman–Crippen LogP) is 7.75. The van der Waals surface area contributed by atoms with Crippen LogP contribution in [0.2, 0.25) is 0 Å². The van der Waals surface area contributed by atoms with Crippen molar-refractivity contribution in [2.45, 2.75) is 0 Å². The van der Waals surface area contributed by atoms with Crippen LogP contribution in [0, 0.1) is 0 Å². The Hall–Kier alpha value is 1.05. The van der Waals surface area contributed by atoms with Crippen molar-refractivity contribution in [1.82, 2.24) is 0 Å². The third kappa shape index (κ3) is 87.8. The minimum Gasteiger partial charge on any atom is -0.332 e. The molecular formula is C15H43F3O9P6. The SMILES string of the molecule is COP(C)(=O)CF.COP(C)(=O)CP(C)(C)=O.COP(C)(C)=O.CP(C)(=O)F.CP(C)(=O)F. The summed E-state index contributed by atoms with van der Waals surface area (Å²) < 4.78 is 109. The molecule has 0 N–H and O–H groups in total. The molecule has 33 heavy (non-hydrogen) atoms. The van der Waals surface area contributed by atoms with E-state index in [1.165, 1.54) is 34.7 Å². The molecule has 0 amide bonds. The second-order valence-electron chi connectivity index (χ2n) is 8.10. The zero-order valence-electron chi connectivity index (χ0n) is 21.9. The van der Waals surface area contributed by atoms with Crippen LogP contribution in [0.5, 0.6) is 0 Å². The minimum atomic E-state index is -3.14. The van der Waals surface area contributed by atoms with Crippen molar-refractivity contribution in [3.05, 3.63) is 0 Å². The van der Waals surface area contributed by atoms with Gasteiger partial charge >= 0.3 is 0 Å². The fourth-order valence-corrected chi connectivity index (χ4v) is 6.23. The van der Waals surface area contributed by atoms with Gasteiger partial charge in [0.2, 0.25) is 29.6 Å². The van der Waals surface area contributed by atoms with Gasteiger partial charge in [-0.3, -0.25) is 22.8 Å². The van der Waals surface area contributed by atoms with Gasteiger partial charge in [0, 0.05) is 74.6 Å². The van der Waals surface area contributed by atoms with Crippen LogP contribution in [0.15, 0.2) is 0 Å². The van der Waals surface area contributed by atoms with Gasteiger partial charge in [0.05, 0.1) is 13.0 Å². The van der Waals surface area contributed by atoms with Crippen molar-refractivity contribution in [2.75, 3.05) is 100 Å². The minimum absolute atomic E-state index is 0.205. The molecule has 0 saturated carbocycles. The lowest BCUT2D eigenvalue weighted by Crippen LogP contribution is -1.90. The lowest BCUT2D eigenvalue weighted by molar-refractivity contribution is 0.379. The van der Waals surface area contributed by atoms with Crippen molar-refractivity contribution in [1.29, 1.82) is 0 Å². The van der Waals surface area contributed by atoms with Crippen LogP contribution in [-0.2, 0) is 41.0 Å². The molecular weight excluding hydrogens is 567 g/mol. The predicted molar refractivity (Wildman–Crippen MR) is 139 cm³/mol. The second-order valence-corrected chi connectivity index (χ2v) is 25.2. The third-order valence-electron chi connectivity index (χ3n) is 2.03. The fraction of sp³-hybridized carbons (Fsp3) is 1.00. The molecule has 2 atom stereocenters. The maximum Gasteiger partial charge on any atom is 0.238 e. The van der Waals surface area contributed by atoms with Gasteiger partial charge in [0.1, 0.15) is 0 Å². The Bertz CT molecular complexity index is 737. The van der Waals surface area contributed by atoms with Gasteiger partial charge in [-0.15, -0.1) is 0 Å². The average Bonchev–Trinajstić information content (AvgIpc) is 2.50. The highest BCUT2D eigenvalue weighted by Crippen LogP contribution is 2.55. The van der Waals surface area contributed by atoms with Crippen LogP contribution in [0.1, 0.15) is 0 Å². The van der Waals surface area contributed by atoms with E-state index >= 15 is 0 Å². The van der Waals surface area contributed by atoms with E-state index in [9.17, 15) is 40.2 Å². The van der Waals surface area contributed by atoms with Crippen LogP contribution in [0.25, 0.3) is 0 Å². The summed E-state index contributed by atoms with van der Waals surface area (Å²) in [6.45, 7) is 13.4. The maximum atomic E-state index is 11.4. The van der Waals surface area contributed by atoms with Crippen LogP contribution in [0.4, 0.5) is 12.8 Å². The van der Waals surface area contributed by atoms with Crippen LogP contribution in [0.3, 0.4) is 0 Å². The summed E-state index contributed by atoms with van der Waals surface area (Å²) in [5, 5.41) is 0. The van der Waals surface area contributed by atoms with Crippen LogP contribution < -0.4 is 0 Å². The average molecular weight is 610 g/mol. The molecule has 18 heteroatoms. The molecule has 0 aliphatic rings. The molecule has 2 unspecified atom stereocenters. The monoisotopic (exact) mass is 610 g/mol. The van der Waals surface area contributed by atoms with E-state index in [-0.39, 0.29) is 5.90 Å². The smallest absolute Gasteiger partial charge is 0.238 e. The van der Waals surface area contributed by atoms with Crippen molar-refractivity contribution in [3.8, 4) is 0 Å². The first-order valence-corrected chi connectivity index (χ1v) is 23.7. The molecule has 208 valence electrons. The molecule has 9 nitrogen and oxygen atoms in total. The van der Waals surface area contributed by atoms with Gasteiger partial charge in [0.25, 0.3) is 0 Å². The first-order chi connectivity index (χ1) is 13.9. The molecule has 0 aromatic rings. The third-order valence-corrected chi connectivity index (χ3v) is 9.66. The molecule has 0 bridgehead atoms. The number of halogens is 3. The van der Waals surface area contributed by atoms with Crippen LogP contribution >= 0.6 is 44.2 Å². The molecule has 0 fully saturated rings. The summed E-state index contributed by atoms with van der Waals surface area (Å²) in [7, 11) is -11.9. The summed E-state index contributed by atoms with van der Waals surface area (Å²) >= 11 is 0. The standard InChI is InChI=1S/C5H14O3P2.C3H8FO2P.C3H9O2P.2C2H6FOP/c1-8-10(4,7)5-9(2,3)6;1-6-7(2,5)3-4;1-5-6(2,3)4;2*1-5(2,3)4/h5H2,1-4H3;3H2,1-2H3;1-3H3;2*1-2H3. The van der Waals surface area contributed by atoms with E-state index in [0.717, 1.165) is 26.7 Å². The Labute approximate surface area is 198 Å². The summed E-state index contributed by atoms with van der Waals surface area (Å²) in [4.78, 5) is 0. The molecule has 0 spiro atoms. The Balaban J connectivity index is -0.000000102. The van der Waals surface area contributed by atoms with Gasteiger partial charge < -0.3 is 18.1 Å². The fourth-order valence-electron chi connectivity index (χ4n) is 0.725. The summed E-state index contributed by atoms with van der Waals surface area (Å²) in [6.07, 6.45) is -0.872. The molecule has 0 heterocycles. The Kier molecular flexibility index (Phi) is 25.6. The van der Waals surface area contributed by atoms with E-state index < -0.39 is 50.6 Å². The quantitative estimate of drug-likeness (QED) is 0.277. The molecule has 0 saturated heterocycles. The highest BCUT2D eigenvalue weighted by molar-refractivity contribution is 7.77. The molecule has 0 aliphatic heterocycles. The van der Waals surface area contributed by atoms with Gasteiger partial charge in [0.15, 0.2) is 13.8 Å². The maximum absolute atomic E-state index is 11.4. The van der Waals surface area contributed by atoms with Crippen molar-refractivity contribution < 1.29 is 53.7 Å².